The summed E-state index contributed by atoms with van der Waals surface area (Å²) in [6.07, 6.45) is 3.46. The SMILES string of the molecule is Cc1cc(-n2c(C)cc(/C=C/C(=O)NC[C@H](c3cccs3)N3CCOCC3)c2C)no1. The van der Waals surface area contributed by atoms with E-state index >= 15 is 0 Å². The smallest absolute Gasteiger partial charge is 0.244 e. The van der Waals surface area contributed by atoms with Crippen LogP contribution in [0.2, 0.25) is 0 Å². The molecule has 1 atom stereocenters. The van der Waals surface area contributed by atoms with Crippen molar-refractivity contribution in [3.05, 3.63) is 63.3 Å². The second-order valence-corrected chi connectivity index (χ2v) is 8.69. The highest BCUT2D eigenvalue weighted by Gasteiger charge is 2.23. The minimum atomic E-state index is -0.100. The van der Waals surface area contributed by atoms with E-state index in [0.717, 1.165) is 54.8 Å². The summed E-state index contributed by atoms with van der Waals surface area (Å²) >= 11 is 1.72. The van der Waals surface area contributed by atoms with Gasteiger partial charge in [-0.1, -0.05) is 11.2 Å². The second-order valence-electron chi connectivity index (χ2n) is 7.72. The number of aromatic nitrogens is 2. The van der Waals surface area contributed by atoms with Gasteiger partial charge < -0.3 is 14.6 Å². The van der Waals surface area contributed by atoms with Gasteiger partial charge in [0.05, 0.1) is 19.3 Å². The first kappa shape index (κ1) is 21.5. The summed E-state index contributed by atoms with van der Waals surface area (Å²) in [5, 5.41) is 9.26. The molecule has 1 aliphatic rings. The second kappa shape index (κ2) is 9.64. The molecule has 0 saturated carbocycles. The van der Waals surface area contributed by atoms with Crippen LogP contribution in [0.15, 0.2) is 40.2 Å². The van der Waals surface area contributed by atoms with Crippen LogP contribution in [-0.4, -0.2) is 53.4 Å². The minimum Gasteiger partial charge on any atom is -0.379 e. The average Bonchev–Trinajstić information content (AvgIpc) is 3.49. The number of aryl methyl sites for hydroxylation is 2. The molecule has 0 spiro atoms. The van der Waals surface area contributed by atoms with E-state index in [1.54, 1.807) is 17.4 Å². The number of nitrogens with one attached hydrogen (secondary N) is 1. The number of nitrogens with zero attached hydrogens (tertiary/aromatic N) is 3. The number of hydrogen-bond acceptors (Lipinski definition) is 6. The predicted molar refractivity (Wildman–Crippen MR) is 122 cm³/mol. The van der Waals surface area contributed by atoms with Gasteiger partial charge in [0, 0.05) is 48.0 Å². The van der Waals surface area contributed by atoms with Crippen LogP contribution in [0, 0.1) is 20.8 Å². The number of morpholine rings is 1. The van der Waals surface area contributed by atoms with Gasteiger partial charge in [-0.3, -0.25) is 14.3 Å². The fourth-order valence-corrected chi connectivity index (χ4v) is 4.83. The first-order chi connectivity index (χ1) is 15.0. The molecule has 0 radical (unpaired) electrons. The van der Waals surface area contributed by atoms with Crippen LogP contribution in [0.5, 0.6) is 0 Å². The highest BCUT2D eigenvalue weighted by molar-refractivity contribution is 7.10. The maximum atomic E-state index is 12.6. The Kier molecular flexibility index (Phi) is 6.70. The standard InChI is InChI=1S/C23H28N4O3S/c1-16-13-19(18(3)27(16)22-14-17(2)30-25-22)6-7-23(28)24-15-20(21-5-4-12-31-21)26-8-10-29-11-9-26/h4-7,12-14,20H,8-11,15H2,1-3H3,(H,24,28)/b7-6+/t20-/m1/s1. The molecule has 4 rings (SSSR count). The zero-order chi connectivity index (χ0) is 21.8. The van der Waals surface area contributed by atoms with E-state index < -0.39 is 0 Å². The summed E-state index contributed by atoms with van der Waals surface area (Å²) in [6.45, 7) is 9.69. The van der Waals surface area contributed by atoms with E-state index in [1.807, 2.05) is 43.5 Å². The maximum Gasteiger partial charge on any atom is 0.244 e. The zero-order valence-corrected chi connectivity index (χ0v) is 18.9. The molecule has 0 bridgehead atoms. The van der Waals surface area contributed by atoms with E-state index in [-0.39, 0.29) is 11.9 Å². The van der Waals surface area contributed by atoms with Gasteiger partial charge >= 0.3 is 0 Å². The molecule has 1 aliphatic heterocycles. The van der Waals surface area contributed by atoms with Crippen molar-refractivity contribution in [2.24, 2.45) is 0 Å². The monoisotopic (exact) mass is 440 g/mol. The van der Waals surface area contributed by atoms with Crippen molar-refractivity contribution in [3.8, 4) is 5.82 Å². The topological polar surface area (TPSA) is 72.5 Å². The fourth-order valence-electron chi connectivity index (χ4n) is 3.97. The maximum absolute atomic E-state index is 12.6. The molecule has 1 saturated heterocycles. The summed E-state index contributed by atoms with van der Waals surface area (Å²) in [6, 6.07) is 8.30. The normalized spacial score (nSPS) is 16.1. The lowest BCUT2D eigenvalue weighted by Crippen LogP contribution is -2.43. The molecular formula is C23H28N4O3S. The van der Waals surface area contributed by atoms with Crippen molar-refractivity contribution in [3.63, 3.8) is 0 Å². The van der Waals surface area contributed by atoms with Crippen molar-refractivity contribution in [1.29, 1.82) is 0 Å². The minimum absolute atomic E-state index is 0.100. The van der Waals surface area contributed by atoms with Gasteiger partial charge in [0.1, 0.15) is 5.76 Å². The highest BCUT2D eigenvalue weighted by Crippen LogP contribution is 2.25. The van der Waals surface area contributed by atoms with Crippen molar-refractivity contribution in [2.75, 3.05) is 32.8 Å². The zero-order valence-electron chi connectivity index (χ0n) is 18.1. The molecule has 0 aliphatic carbocycles. The van der Waals surface area contributed by atoms with E-state index in [4.69, 9.17) is 9.26 Å². The van der Waals surface area contributed by atoms with E-state index in [0.29, 0.717) is 6.54 Å². The van der Waals surface area contributed by atoms with Crippen molar-refractivity contribution < 1.29 is 14.1 Å². The third kappa shape index (κ3) is 4.98. The predicted octanol–water partition coefficient (Wildman–Crippen LogP) is 3.65. The third-order valence-electron chi connectivity index (χ3n) is 5.56. The molecule has 1 fully saturated rings. The molecule has 3 aromatic rings. The summed E-state index contributed by atoms with van der Waals surface area (Å²) in [7, 11) is 0. The third-order valence-corrected chi connectivity index (χ3v) is 6.53. The van der Waals surface area contributed by atoms with Gasteiger partial charge in [-0.05, 0) is 49.9 Å². The number of rotatable bonds is 7. The molecule has 1 amide bonds. The highest BCUT2D eigenvalue weighted by atomic mass is 32.1. The Hall–Kier alpha value is -2.68. The number of hydrogen-bond donors (Lipinski definition) is 1. The molecule has 8 heteroatoms. The molecule has 4 heterocycles. The van der Waals surface area contributed by atoms with Gasteiger partial charge in [0.25, 0.3) is 0 Å². The van der Waals surface area contributed by atoms with Crippen LogP contribution < -0.4 is 5.32 Å². The molecule has 3 aromatic heterocycles. The molecule has 0 unspecified atom stereocenters. The summed E-state index contributed by atoms with van der Waals surface area (Å²) in [4.78, 5) is 16.2. The Balaban J connectivity index is 1.42. The number of ether oxygens (including phenoxy) is 1. The largest absolute Gasteiger partial charge is 0.379 e. The first-order valence-electron chi connectivity index (χ1n) is 10.5. The van der Waals surface area contributed by atoms with Crippen molar-refractivity contribution in [2.45, 2.75) is 26.8 Å². The van der Waals surface area contributed by atoms with Gasteiger partial charge in [-0.2, -0.15) is 0 Å². The Bertz CT molecular complexity index is 1050. The van der Waals surface area contributed by atoms with Crippen molar-refractivity contribution >= 4 is 23.3 Å². The summed E-state index contributed by atoms with van der Waals surface area (Å²) < 4.78 is 12.7. The number of carbonyl (C=O) groups excluding carboxylic acids is 1. The lowest BCUT2D eigenvalue weighted by atomic mass is 10.2. The van der Waals surface area contributed by atoms with Gasteiger partial charge in [0.15, 0.2) is 5.82 Å². The fraction of sp³-hybridized carbons (Fsp3) is 0.391. The van der Waals surface area contributed by atoms with E-state index in [2.05, 4.69) is 32.9 Å². The van der Waals surface area contributed by atoms with Crippen LogP contribution in [0.25, 0.3) is 11.9 Å². The summed E-state index contributed by atoms with van der Waals surface area (Å²) in [5.41, 5.74) is 3.03. The Morgan fingerprint density at radius 1 is 1.29 bits per heavy atom. The lowest BCUT2D eigenvalue weighted by molar-refractivity contribution is -0.116. The Morgan fingerprint density at radius 3 is 2.77 bits per heavy atom. The van der Waals surface area contributed by atoms with E-state index in [9.17, 15) is 4.79 Å². The van der Waals surface area contributed by atoms with Crippen LogP contribution >= 0.6 is 11.3 Å². The van der Waals surface area contributed by atoms with Gasteiger partial charge in [0.2, 0.25) is 5.91 Å². The molecular weight excluding hydrogens is 412 g/mol. The summed E-state index contributed by atoms with van der Waals surface area (Å²) in [5.74, 6) is 1.41. The van der Waals surface area contributed by atoms with Gasteiger partial charge in [-0.15, -0.1) is 11.3 Å². The van der Waals surface area contributed by atoms with Crippen LogP contribution in [-0.2, 0) is 9.53 Å². The van der Waals surface area contributed by atoms with Gasteiger partial charge in [-0.25, -0.2) is 0 Å². The quantitative estimate of drug-likeness (QED) is 0.568. The van der Waals surface area contributed by atoms with Crippen LogP contribution in [0.4, 0.5) is 0 Å². The molecule has 31 heavy (non-hydrogen) atoms. The first-order valence-corrected chi connectivity index (χ1v) is 11.3. The Labute approximate surface area is 186 Å². The van der Waals surface area contributed by atoms with Crippen molar-refractivity contribution in [1.82, 2.24) is 19.9 Å². The molecule has 1 N–H and O–H groups in total. The average molecular weight is 441 g/mol. The number of thiophene rings is 1. The molecule has 164 valence electrons. The van der Waals surface area contributed by atoms with Crippen LogP contribution in [0.3, 0.4) is 0 Å². The lowest BCUT2D eigenvalue weighted by Gasteiger charge is -2.34. The number of amides is 1. The molecule has 7 nitrogen and oxygen atoms in total. The Morgan fingerprint density at radius 2 is 2.10 bits per heavy atom. The van der Waals surface area contributed by atoms with Crippen LogP contribution in [0.1, 0.15) is 33.6 Å². The van der Waals surface area contributed by atoms with E-state index in [1.165, 1.54) is 4.88 Å². The number of carbonyl (C=O) groups is 1. The molecule has 0 aromatic carbocycles.